The van der Waals surface area contributed by atoms with Crippen molar-refractivity contribution in [2.75, 3.05) is 16.8 Å². The summed E-state index contributed by atoms with van der Waals surface area (Å²) in [5.41, 5.74) is 2.11. The summed E-state index contributed by atoms with van der Waals surface area (Å²) in [5, 5.41) is 6.06. The van der Waals surface area contributed by atoms with Crippen molar-refractivity contribution in [3.63, 3.8) is 0 Å². The molecule has 0 unspecified atom stereocenters. The fourth-order valence-electron chi connectivity index (χ4n) is 2.31. The van der Waals surface area contributed by atoms with E-state index in [0.717, 1.165) is 5.56 Å². The van der Waals surface area contributed by atoms with Gasteiger partial charge in [0, 0.05) is 36.8 Å². The lowest BCUT2D eigenvalue weighted by Gasteiger charge is -2.21. The van der Waals surface area contributed by atoms with Gasteiger partial charge in [0.05, 0.1) is 0 Å². The van der Waals surface area contributed by atoms with E-state index in [1.165, 1.54) is 18.7 Å². The van der Waals surface area contributed by atoms with Gasteiger partial charge in [-0.3, -0.25) is 14.4 Å². The maximum Gasteiger partial charge on any atom is 0.240 e. The second kappa shape index (κ2) is 9.01. The standard InChI is InChI=1S/C19H20ClN3O3/c1-13(24)22-17-7-9-18(10-8-17)23(14(2)25)12-19(26)21-11-15-3-5-16(20)6-4-15/h3-10H,11-12H2,1-2H3,(H,21,26)(H,22,24). The average molecular weight is 374 g/mol. The highest BCUT2D eigenvalue weighted by Crippen LogP contribution is 2.18. The van der Waals surface area contributed by atoms with Crippen molar-refractivity contribution in [2.24, 2.45) is 0 Å². The minimum absolute atomic E-state index is 0.0948. The number of benzene rings is 2. The highest BCUT2D eigenvalue weighted by atomic mass is 35.5. The van der Waals surface area contributed by atoms with Gasteiger partial charge in [-0.15, -0.1) is 0 Å². The molecule has 0 aliphatic heterocycles. The molecule has 0 bridgehead atoms. The van der Waals surface area contributed by atoms with Crippen LogP contribution >= 0.6 is 11.6 Å². The number of hydrogen-bond acceptors (Lipinski definition) is 3. The van der Waals surface area contributed by atoms with E-state index in [4.69, 9.17) is 11.6 Å². The van der Waals surface area contributed by atoms with Gasteiger partial charge >= 0.3 is 0 Å². The summed E-state index contributed by atoms with van der Waals surface area (Å²) in [7, 11) is 0. The van der Waals surface area contributed by atoms with Crippen LogP contribution in [0, 0.1) is 0 Å². The SMILES string of the molecule is CC(=O)Nc1ccc(N(CC(=O)NCc2ccc(Cl)cc2)C(C)=O)cc1. The van der Waals surface area contributed by atoms with Gasteiger partial charge in [0.15, 0.2) is 0 Å². The van der Waals surface area contributed by atoms with E-state index in [2.05, 4.69) is 10.6 Å². The molecule has 0 aliphatic carbocycles. The predicted octanol–water partition coefficient (Wildman–Crippen LogP) is 2.97. The second-order valence-electron chi connectivity index (χ2n) is 5.74. The molecular weight excluding hydrogens is 354 g/mol. The Kier molecular flexibility index (Phi) is 6.74. The summed E-state index contributed by atoms with van der Waals surface area (Å²) in [4.78, 5) is 36.5. The van der Waals surface area contributed by atoms with Gasteiger partial charge in [-0.05, 0) is 42.0 Å². The van der Waals surface area contributed by atoms with Crippen molar-refractivity contribution in [2.45, 2.75) is 20.4 Å². The molecule has 7 heteroatoms. The maximum absolute atomic E-state index is 12.2. The molecule has 2 rings (SSSR count). The molecule has 26 heavy (non-hydrogen) atoms. The fourth-order valence-corrected chi connectivity index (χ4v) is 2.44. The van der Waals surface area contributed by atoms with Crippen LogP contribution in [0.25, 0.3) is 0 Å². The monoisotopic (exact) mass is 373 g/mol. The molecule has 0 aromatic heterocycles. The molecule has 6 nitrogen and oxygen atoms in total. The molecule has 0 fully saturated rings. The first-order chi connectivity index (χ1) is 12.3. The summed E-state index contributed by atoms with van der Waals surface area (Å²) in [6.07, 6.45) is 0. The normalized spacial score (nSPS) is 10.1. The van der Waals surface area contributed by atoms with Crippen molar-refractivity contribution in [3.05, 3.63) is 59.1 Å². The highest BCUT2D eigenvalue weighted by molar-refractivity contribution is 6.30. The van der Waals surface area contributed by atoms with Crippen LogP contribution in [0.3, 0.4) is 0 Å². The zero-order chi connectivity index (χ0) is 19.1. The number of hydrogen-bond donors (Lipinski definition) is 2. The Morgan fingerprint density at radius 1 is 0.962 bits per heavy atom. The molecular formula is C19H20ClN3O3. The Balaban J connectivity index is 1.98. The molecule has 0 spiro atoms. The van der Waals surface area contributed by atoms with E-state index in [0.29, 0.717) is 22.9 Å². The molecule has 0 aliphatic rings. The number of halogens is 1. The van der Waals surface area contributed by atoms with Crippen LogP contribution < -0.4 is 15.5 Å². The smallest absolute Gasteiger partial charge is 0.240 e. The Labute approximate surface area is 157 Å². The highest BCUT2D eigenvalue weighted by Gasteiger charge is 2.15. The lowest BCUT2D eigenvalue weighted by atomic mass is 10.2. The third-order valence-corrected chi connectivity index (χ3v) is 3.84. The van der Waals surface area contributed by atoms with Gasteiger partial charge < -0.3 is 15.5 Å². The van der Waals surface area contributed by atoms with Crippen molar-refractivity contribution >= 4 is 40.7 Å². The van der Waals surface area contributed by atoms with E-state index < -0.39 is 0 Å². The number of rotatable bonds is 6. The topological polar surface area (TPSA) is 78.5 Å². The molecule has 2 N–H and O–H groups in total. The Hall–Kier alpha value is -2.86. The fraction of sp³-hybridized carbons (Fsp3) is 0.211. The first-order valence-corrected chi connectivity index (χ1v) is 8.40. The first-order valence-electron chi connectivity index (χ1n) is 8.02. The van der Waals surface area contributed by atoms with Crippen LogP contribution in [0.2, 0.25) is 5.02 Å². The maximum atomic E-state index is 12.2. The number of carbonyl (C=O) groups is 3. The van der Waals surface area contributed by atoms with E-state index in [1.54, 1.807) is 36.4 Å². The van der Waals surface area contributed by atoms with Gasteiger partial charge in [0.25, 0.3) is 0 Å². The molecule has 136 valence electrons. The third kappa shape index (κ3) is 5.89. The van der Waals surface area contributed by atoms with E-state index in [1.807, 2.05) is 12.1 Å². The molecule has 3 amide bonds. The van der Waals surface area contributed by atoms with Crippen molar-refractivity contribution in [1.29, 1.82) is 0 Å². The minimum Gasteiger partial charge on any atom is -0.350 e. The minimum atomic E-state index is -0.277. The zero-order valence-corrected chi connectivity index (χ0v) is 15.3. The van der Waals surface area contributed by atoms with Gasteiger partial charge in [-0.25, -0.2) is 0 Å². The van der Waals surface area contributed by atoms with Gasteiger partial charge in [0.2, 0.25) is 17.7 Å². The summed E-state index contributed by atoms with van der Waals surface area (Å²) in [6.45, 7) is 3.07. The number of amides is 3. The predicted molar refractivity (Wildman–Crippen MR) is 102 cm³/mol. The number of anilines is 2. The molecule has 2 aromatic carbocycles. The third-order valence-electron chi connectivity index (χ3n) is 3.58. The largest absolute Gasteiger partial charge is 0.350 e. The number of nitrogens with one attached hydrogen (secondary N) is 2. The van der Waals surface area contributed by atoms with Crippen LogP contribution in [-0.4, -0.2) is 24.3 Å². The average Bonchev–Trinajstić information content (AvgIpc) is 2.59. The summed E-state index contributed by atoms with van der Waals surface area (Å²) in [5.74, 6) is -0.706. The van der Waals surface area contributed by atoms with Crippen LogP contribution in [0.5, 0.6) is 0 Å². The number of carbonyl (C=O) groups excluding carboxylic acids is 3. The van der Waals surface area contributed by atoms with Crippen LogP contribution in [0.1, 0.15) is 19.4 Å². The summed E-state index contributed by atoms with van der Waals surface area (Å²) >= 11 is 5.83. The van der Waals surface area contributed by atoms with Crippen LogP contribution in [0.15, 0.2) is 48.5 Å². The van der Waals surface area contributed by atoms with Gasteiger partial charge in [0.1, 0.15) is 6.54 Å². The Bertz CT molecular complexity index is 789. The van der Waals surface area contributed by atoms with E-state index in [-0.39, 0.29) is 24.3 Å². The Morgan fingerprint density at radius 2 is 1.58 bits per heavy atom. The van der Waals surface area contributed by atoms with Crippen molar-refractivity contribution in [3.8, 4) is 0 Å². The summed E-state index contributed by atoms with van der Waals surface area (Å²) in [6, 6.07) is 13.9. The van der Waals surface area contributed by atoms with Crippen molar-refractivity contribution < 1.29 is 14.4 Å². The molecule has 2 aromatic rings. The lowest BCUT2D eigenvalue weighted by Crippen LogP contribution is -2.39. The molecule has 0 saturated heterocycles. The van der Waals surface area contributed by atoms with E-state index >= 15 is 0 Å². The van der Waals surface area contributed by atoms with Crippen LogP contribution in [0.4, 0.5) is 11.4 Å². The molecule has 0 atom stereocenters. The van der Waals surface area contributed by atoms with Crippen molar-refractivity contribution in [1.82, 2.24) is 5.32 Å². The number of nitrogens with zero attached hydrogens (tertiary/aromatic N) is 1. The lowest BCUT2D eigenvalue weighted by molar-refractivity contribution is -0.123. The first kappa shape index (κ1) is 19.5. The van der Waals surface area contributed by atoms with E-state index in [9.17, 15) is 14.4 Å². The Morgan fingerprint density at radius 3 is 2.12 bits per heavy atom. The van der Waals surface area contributed by atoms with Gasteiger partial charge in [-0.2, -0.15) is 0 Å². The second-order valence-corrected chi connectivity index (χ2v) is 6.17. The van der Waals surface area contributed by atoms with Crippen LogP contribution in [-0.2, 0) is 20.9 Å². The van der Waals surface area contributed by atoms with Gasteiger partial charge in [-0.1, -0.05) is 23.7 Å². The quantitative estimate of drug-likeness (QED) is 0.817. The molecule has 0 radical (unpaired) electrons. The summed E-state index contributed by atoms with van der Waals surface area (Å²) < 4.78 is 0. The molecule has 0 heterocycles. The zero-order valence-electron chi connectivity index (χ0n) is 14.6. The molecule has 0 saturated carbocycles.